The number of ether oxygens (including phenoxy) is 1. The molecule has 0 saturated heterocycles. The number of hydrogen-bond acceptors (Lipinski definition) is 2. The zero-order chi connectivity index (χ0) is 13.3. The van der Waals surface area contributed by atoms with Crippen LogP contribution in [0.3, 0.4) is 0 Å². The van der Waals surface area contributed by atoms with Gasteiger partial charge in [0.25, 0.3) is 0 Å². The molecule has 0 radical (unpaired) electrons. The van der Waals surface area contributed by atoms with Crippen LogP contribution >= 0.6 is 0 Å². The zero-order valence-corrected chi connectivity index (χ0v) is 12.8. The average Bonchev–Trinajstić information content (AvgIpc) is 2.32. The maximum absolute atomic E-state index is 5.70. The van der Waals surface area contributed by atoms with E-state index in [0.717, 1.165) is 12.5 Å². The first kappa shape index (κ1) is 16.9. The van der Waals surface area contributed by atoms with Crippen LogP contribution in [0, 0.1) is 11.8 Å². The van der Waals surface area contributed by atoms with Gasteiger partial charge in [-0.1, -0.05) is 47.5 Å². The second kappa shape index (κ2) is 9.90. The van der Waals surface area contributed by atoms with Crippen molar-refractivity contribution in [2.24, 2.45) is 11.8 Å². The molecule has 0 amide bonds. The van der Waals surface area contributed by atoms with Crippen LogP contribution in [0.2, 0.25) is 0 Å². The third kappa shape index (κ3) is 6.42. The molecule has 0 fully saturated rings. The Bertz CT molecular complexity index is 166. The standard InChI is InChI=1S/C15H33NO/c1-7-10-16-14(11-13(8-2)9-3)15(17-6)12(4)5/h12-16H,7-11H2,1-6H3. The van der Waals surface area contributed by atoms with E-state index < -0.39 is 0 Å². The molecule has 2 nitrogen and oxygen atoms in total. The van der Waals surface area contributed by atoms with Gasteiger partial charge in [0.15, 0.2) is 0 Å². The Labute approximate surface area is 109 Å². The molecule has 2 heteroatoms. The second-order valence-electron chi connectivity index (χ2n) is 5.42. The summed E-state index contributed by atoms with van der Waals surface area (Å²) < 4.78 is 5.70. The molecule has 104 valence electrons. The highest BCUT2D eigenvalue weighted by Gasteiger charge is 2.25. The van der Waals surface area contributed by atoms with Gasteiger partial charge in [-0.25, -0.2) is 0 Å². The fourth-order valence-corrected chi connectivity index (χ4v) is 2.55. The quantitative estimate of drug-likeness (QED) is 0.629. The Morgan fingerprint density at radius 3 is 2.00 bits per heavy atom. The predicted octanol–water partition coefficient (Wildman–Crippen LogP) is 3.85. The molecule has 0 aliphatic heterocycles. The molecule has 0 spiro atoms. The molecule has 0 bridgehead atoms. The van der Waals surface area contributed by atoms with E-state index in [1.807, 2.05) is 7.11 Å². The van der Waals surface area contributed by atoms with Crippen LogP contribution in [0.4, 0.5) is 0 Å². The summed E-state index contributed by atoms with van der Waals surface area (Å²) in [5, 5.41) is 3.68. The first-order valence-corrected chi connectivity index (χ1v) is 7.36. The molecule has 17 heavy (non-hydrogen) atoms. The zero-order valence-electron chi connectivity index (χ0n) is 12.8. The fraction of sp³-hybridized carbons (Fsp3) is 1.00. The van der Waals surface area contributed by atoms with Gasteiger partial charge in [-0.2, -0.15) is 0 Å². The first-order chi connectivity index (χ1) is 8.10. The van der Waals surface area contributed by atoms with Gasteiger partial charge in [0.05, 0.1) is 6.10 Å². The number of methoxy groups -OCH3 is 1. The summed E-state index contributed by atoms with van der Waals surface area (Å²) in [7, 11) is 1.85. The Kier molecular flexibility index (Phi) is 9.85. The van der Waals surface area contributed by atoms with E-state index in [9.17, 15) is 0 Å². The molecular formula is C15H33NO. The summed E-state index contributed by atoms with van der Waals surface area (Å²) >= 11 is 0. The molecule has 0 saturated carbocycles. The minimum absolute atomic E-state index is 0.335. The molecule has 2 unspecified atom stereocenters. The minimum atomic E-state index is 0.335. The summed E-state index contributed by atoms with van der Waals surface area (Å²) in [5.74, 6) is 1.39. The molecule has 0 aromatic heterocycles. The summed E-state index contributed by atoms with van der Waals surface area (Å²) in [6.45, 7) is 12.4. The largest absolute Gasteiger partial charge is 0.380 e. The van der Waals surface area contributed by atoms with Crippen LogP contribution in [0.25, 0.3) is 0 Å². The molecular weight excluding hydrogens is 210 g/mol. The normalized spacial score (nSPS) is 15.5. The van der Waals surface area contributed by atoms with Crippen molar-refractivity contribution in [3.8, 4) is 0 Å². The van der Waals surface area contributed by atoms with Gasteiger partial charge >= 0.3 is 0 Å². The highest BCUT2D eigenvalue weighted by atomic mass is 16.5. The average molecular weight is 243 g/mol. The van der Waals surface area contributed by atoms with Crippen molar-refractivity contribution >= 4 is 0 Å². The number of hydrogen-bond donors (Lipinski definition) is 1. The van der Waals surface area contributed by atoms with Gasteiger partial charge in [-0.15, -0.1) is 0 Å². The van der Waals surface area contributed by atoms with Crippen LogP contribution < -0.4 is 5.32 Å². The van der Waals surface area contributed by atoms with Crippen LogP contribution in [0.15, 0.2) is 0 Å². The lowest BCUT2D eigenvalue weighted by molar-refractivity contribution is 0.0254. The van der Waals surface area contributed by atoms with Crippen LogP contribution in [-0.2, 0) is 4.74 Å². The van der Waals surface area contributed by atoms with E-state index in [-0.39, 0.29) is 0 Å². The van der Waals surface area contributed by atoms with E-state index in [0.29, 0.717) is 18.1 Å². The SMILES string of the molecule is CCCNC(CC(CC)CC)C(OC)C(C)C. The molecule has 0 aromatic rings. The van der Waals surface area contributed by atoms with Crippen molar-refractivity contribution < 1.29 is 4.74 Å². The molecule has 2 atom stereocenters. The highest BCUT2D eigenvalue weighted by Crippen LogP contribution is 2.21. The number of nitrogens with one attached hydrogen (secondary N) is 1. The maximum Gasteiger partial charge on any atom is 0.0747 e. The van der Waals surface area contributed by atoms with Gasteiger partial charge in [0.1, 0.15) is 0 Å². The van der Waals surface area contributed by atoms with E-state index in [2.05, 4.69) is 39.9 Å². The fourth-order valence-electron chi connectivity index (χ4n) is 2.55. The van der Waals surface area contributed by atoms with Gasteiger partial charge < -0.3 is 10.1 Å². The minimum Gasteiger partial charge on any atom is -0.380 e. The smallest absolute Gasteiger partial charge is 0.0747 e. The third-order valence-corrected chi connectivity index (χ3v) is 3.72. The molecule has 0 aromatic carbocycles. The molecule has 0 heterocycles. The summed E-state index contributed by atoms with van der Waals surface area (Å²) in [6.07, 6.45) is 5.31. The molecule has 0 rings (SSSR count). The van der Waals surface area contributed by atoms with Gasteiger partial charge in [0.2, 0.25) is 0 Å². The third-order valence-electron chi connectivity index (χ3n) is 3.72. The highest BCUT2D eigenvalue weighted by molar-refractivity contribution is 4.81. The van der Waals surface area contributed by atoms with E-state index in [4.69, 9.17) is 4.74 Å². The Balaban J connectivity index is 4.48. The number of rotatable bonds is 10. The van der Waals surface area contributed by atoms with Gasteiger partial charge in [-0.05, 0) is 31.2 Å². The first-order valence-electron chi connectivity index (χ1n) is 7.36. The van der Waals surface area contributed by atoms with Crippen molar-refractivity contribution in [1.82, 2.24) is 5.32 Å². The van der Waals surface area contributed by atoms with Gasteiger partial charge in [-0.3, -0.25) is 0 Å². The second-order valence-corrected chi connectivity index (χ2v) is 5.42. The molecule has 1 N–H and O–H groups in total. The Morgan fingerprint density at radius 2 is 1.65 bits per heavy atom. The Hall–Kier alpha value is -0.0800. The predicted molar refractivity (Wildman–Crippen MR) is 76.4 cm³/mol. The van der Waals surface area contributed by atoms with Crippen molar-refractivity contribution in [2.75, 3.05) is 13.7 Å². The van der Waals surface area contributed by atoms with Crippen molar-refractivity contribution in [3.05, 3.63) is 0 Å². The summed E-state index contributed by atoms with van der Waals surface area (Å²) in [4.78, 5) is 0. The Morgan fingerprint density at radius 1 is 1.06 bits per heavy atom. The van der Waals surface area contributed by atoms with Crippen LogP contribution in [0.1, 0.15) is 60.3 Å². The van der Waals surface area contributed by atoms with Gasteiger partial charge in [0, 0.05) is 13.2 Å². The van der Waals surface area contributed by atoms with E-state index in [1.165, 1.54) is 25.7 Å². The van der Waals surface area contributed by atoms with E-state index >= 15 is 0 Å². The van der Waals surface area contributed by atoms with Crippen molar-refractivity contribution in [3.63, 3.8) is 0 Å². The van der Waals surface area contributed by atoms with Crippen LogP contribution in [0.5, 0.6) is 0 Å². The van der Waals surface area contributed by atoms with Crippen LogP contribution in [-0.4, -0.2) is 25.8 Å². The summed E-state index contributed by atoms with van der Waals surface area (Å²) in [5.41, 5.74) is 0. The maximum atomic E-state index is 5.70. The van der Waals surface area contributed by atoms with E-state index in [1.54, 1.807) is 0 Å². The lowest BCUT2D eigenvalue weighted by Crippen LogP contribution is -2.45. The monoisotopic (exact) mass is 243 g/mol. The molecule has 0 aliphatic rings. The lowest BCUT2D eigenvalue weighted by atomic mass is 9.88. The van der Waals surface area contributed by atoms with Crippen molar-refractivity contribution in [1.29, 1.82) is 0 Å². The topological polar surface area (TPSA) is 21.3 Å². The molecule has 0 aliphatic carbocycles. The lowest BCUT2D eigenvalue weighted by Gasteiger charge is -2.32. The summed E-state index contributed by atoms with van der Waals surface area (Å²) in [6, 6.07) is 0.504. The van der Waals surface area contributed by atoms with Crippen molar-refractivity contribution in [2.45, 2.75) is 72.4 Å².